The molecule has 0 spiro atoms. The van der Waals surface area contributed by atoms with Crippen LogP contribution < -0.4 is 10.6 Å². The molecule has 2 rings (SSSR count). The lowest BCUT2D eigenvalue weighted by Crippen LogP contribution is -2.20. The Morgan fingerprint density at radius 1 is 1.00 bits per heavy atom. The molecule has 20 heavy (non-hydrogen) atoms. The third-order valence-electron chi connectivity index (χ3n) is 2.74. The fraction of sp³-hybridized carbons (Fsp3) is 0.133. The maximum atomic E-state index is 13.6. The smallest absolute Gasteiger partial charge is 0.175 e. The van der Waals surface area contributed by atoms with Gasteiger partial charge in [0, 0.05) is 0 Å². The van der Waals surface area contributed by atoms with E-state index in [1.807, 2.05) is 32.0 Å². The van der Waals surface area contributed by atoms with Crippen LogP contribution in [-0.4, -0.2) is 5.11 Å². The summed E-state index contributed by atoms with van der Waals surface area (Å²) in [6.45, 7) is 3.84. The van der Waals surface area contributed by atoms with Gasteiger partial charge in [0.15, 0.2) is 5.11 Å². The van der Waals surface area contributed by atoms with Gasteiger partial charge in [0.1, 0.15) is 5.82 Å². The summed E-state index contributed by atoms with van der Waals surface area (Å²) in [4.78, 5) is 0. The lowest BCUT2D eigenvalue weighted by atomic mass is 10.2. The van der Waals surface area contributed by atoms with E-state index in [0.717, 1.165) is 11.1 Å². The van der Waals surface area contributed by atoms with Crippen LogP contribution in [0.25, 0.3) is 0 Å². The van der Waals surface area contributed by atoms with Crippen molar-refractivity contribution in [3.8, 4) is 0 Å². The molecule has 0 heterocycles. The molecular formula is C15H14ClFN2S. The van der Waals surface area contributed by atoms with E-state index in [-0.39, 0.29) is 5.82 Å². The molecule has 5 heteroatoms. The van der Waals surface area contributed by atoms with Crippen LogP contribution in [0.15, 0.2) is 36.4 Å². The zero-order valence-corrected chi connectivity index (χ0v) is 12.7. The molecule has 0 amide bonds. The maximum absolute atomic E-state index is 13.6. The van der Waals surface area contributed by atoms with Gasteiger partial charge in [0.25, 0.3) is 0 Å². The molecule has 0 atom stereocenters. The summed E-state index contributed by atoms with van der Waals surface area (Å²) in [6.07, 6.45) is 0. The highest BCUT2D eigenvalue weighted by molar-refractivity contribution is 7.80. The van der Waals surface area contributed by atoms with Crippen molar-refractivity contribution in [1.29, 1.82) is 0 Å². The third kappa shape index (κ3) is 3.68. The number of anilines is 2. The Balaban J connectivity index is 2.11. The number of nitrogens with one attached hydrogen (secondary N) is 2. The zero-order valence-electron chi connectivity index (χ0n) is 11.1. The highest BCUT2D eigenvalue weighted by Crippen LogP contribution is 2.23. The molecule has 2 aromatic rings. The molecule has 104 valence electrons. The number of hydrogen-bond donors (Lipinski definition) is 2. The van der Waals surface area contributed by atoms with Crippen molar-refractivity contribution >= 4 is 40.3 Å². The molecule has 0 aromatic heterocycles. The van der Waals surface area contributed by atoms with Crippen molar-refractivity contribution in [1.82, 2.24) is 0 Å². The summed E-state index contributed by atoms with van der Waals surface area (Å²) in [5.41, 5.74) is 3.03. The Morgan fingerprint density at radius 2 is 1.60 bits per heavy atom. The van der Waals surface area contributed by atoms with Crippen LogP contribution in [0.3, 0.4) is 0 Å². The molecule has 0 aliphatic heterocycles. The maximum Gasteiger partial charge on any atom is 0.175 e. The Hall–Kier alpha value is -1.65. The first-order valence-electron chi connectivity index (χ1n) is 6.06. The lowest BCUT2D eigenvalue weighted by Gasteiger charge is -2.13. The molecular weight excluding hydrogens is 295 g/mol. The molecule has 0 bridgehead atoms. The van der Waals surface area contributed by atoms with E-state index in [1.54, 1.807) is 12.1 Å². The van der Waals surface area contributed by atoms with Crippen LogP contribution in [0.1, 0.15) is 11.1 Å². The highest BCUT2D eigenvalue weighted by Gasteiger charge is 2.06. The minimum atomic E-state index is -0.352. The largest absolute Gasteiger partial charge is 0.331 e. The van der Waals surface area contributed by atoms with Gasteiger partial charge in [-0.15, -0.1) is 0 Å². The molecule has 0 saturated carbocycles. The first-order valence-corrected chi connectivity index (χ1v) is 6.84. The number of aryl methyl sites for hydroxylation is 2. The Morgan fingerprint density at radius 3 is 2.30 bits per heavy atom. The van der Waals surface area contributed by atoms with Crippen LogP contribution in [0.5, 0.6) is 0 Å². The van der Waals surface area contributed by atoms with Gasteiger partial charge in [-0.1, -0.05) is 23.7 Å². The van der Waals surface area contributed by atoms with Crippen molar-refractivity contribution in [3.63, 3.8) is 0 Å². The van der Waals surface area contributed by atoms with Gasteiger partial charge in [0.2, 0.25) is 0 Å². The number of thiocarbonyl (C=S) groups is 1. The van der Waals surface area contributed by atoms with E-state index in [2.05, 4.69) is 10.6 Å². The molecule has 0 saturated heterocycles. The summed E-state index contributed by atoms with van der Waals surface area (Å²) < 4.78 is 13.6. The molecule has 0 radical (unpaired) electrons. The van der Waals surface area contributed by atoms with E-state index >= 15 is 0 Å². The van der Waals surface area contributed by atoms with Crippen LogP contribution >= 0.6 is 23.8 Å². The molecule has 2 aromatic carbocycles. The predicted molar refractivity (Wildman–Crippen MR) is 87.2 cm³/mol. The summed E-state index contributed by atoms with van der Waals surface area (Å²) in [6, 6.07) is 10.4. The Bertz CT molecular complexity index is 658. The van der Waals surface area contributed by atoms with E-state index in [4.69, 9.17) is 23.8 Å². The van der Waals surface area contributed by atoms with Gasteiger partial charge in [-0.3, -0.25) is 0 Å². The van der Waals surface area contributed by atoms with Gasteiger partial charge in [-0.2, -0.15) is 0 Å². The summed E-state index contributed by atoms with van der Waals surface area (Å²) in [5, 5.41) is 6.64. The lowest BCUT2D eigenvalue weighted by molar-refractivity contribution is 0.632. The topological polar surface area (TPSA) is 24.1 Å². The van der Waals surface area contributed by atoms with Gasteiger partial charge in [-0.25, -0.2) is 4.39 Å². The molecule has 0 aliphatic rings. The van der Waals surface area contributed by atoms with Gasteiger partial charge >= 0.3 is 0 Å². The minimum absolute atomic E-state index is 0.292. The van der Waals surface area contributed by atoms with E-state index in [0.29, 0.717) is 21.5 Å². The Labute approximate surface area is 128 Å². The highest BCUT2D eigenvalue weighted by atomic mass is 35.5. The van der Waals surface area contributed by atoms with Crippen molar-refractivity contribution in [2.75, 3.05) is 10.6 Å². The SMILES string of the molecule is Cc1ccc(NC(=S)Nc2cc(C)ccc2F)c(Cl)c1. The number of benzene rings is 2. The van der Waals surface area contributed by atoms with Crippen molar-refractivity contribution in [2.45, 2.75) is 13.8 Å². The predicted octanol–water partition coefficient (Wildman–Crippen LogP) is 4.90. The minimum Gasteiger partial charge on any atom is -0.331 e. The second-order valence-corrected chi connectivity index (χ2v) is 5.36. The van der Waals surface area contributed by atoms with E-state index in [9.17, 15) is 4.39 Å². The normalized spacial score (nSPS) is 10.2. The summed E-state index contributed by atoms with van der Waals surface area (Å²) in [5.74, 6) is -0.352. The number of rotatable bonds is 2. The van der Waals surface area contributed by atoms with Crippen LogP contribution in [0.2, 0.25) is 5.02 Å². The first kappa shape index (κ1) is 14.8. The fourth-order valence-corrected chi connectivity index (χ4v) is 2.23. The molecule has 0 fully saturated rings. The van der Waals surface area contributed by atoms with Crippen LogP contribution in [0, 0.1) is 19.7 Å². The van der Waals surface area contributed by atoms with Crippen LogP contribution in [0.4, 0.5) is 15.8 Å². The van der Waals surface area contributed by atoms with Crippen molar-refractivity contribution in [3.05, 3.63) is 58.4 Å². The summed E-state index contributed by atoms with van der Waals surface area (Å²) in [7, 11) is 0. The second-order valence-electron chi connectivity index (χ2n) is 4.55. The number of hydrogen-bond acceptors (Lipinski definition) is 1. The van der Waals surface area contributed by atoms with Crippen LogP contribution in [-0.2, 0) is 0 Å². The monoisotopic (exact) mass is 308 g/mol. The van der Waals surface area contributed by atoms with Crippen molar-refractivity contribution in [2.24, 2.45) is 0 Å². The van der Waals surface area contributed by atoms with E-state index in [1.165, 1.54) is 6.07 Å². The standard InChI is InChI=1S/C15H14ClFN2S/c1-9-4-6-13(11(16)7-9)18-15(20)19-14-8-10(2)3-5-12(14)17/h3-8H,1-2H3,(H2,18,19,20). The summed E-state index contributed by atoms with van der Waals surface area (Å²) >= 11 is 11.3. The molecule has 0 unspecified atom stereocenters. The quantitative estimate of drug-likeness (QED) is 0.771. The fourth-order valence-electron chi connectivity index (χ4n) is 1.73. The zero-order chi connectivity index (χ0) is 14.7. The molecule has 0 aliphatic carbocycles. The Kier molecular flexibility index (Phi) is 4.57. The second kappa shape index (κ2) is 6.20. The third-order valence-corrected chi connectivity index (χ3v) is 3.26. The first-order chi connectivity index (χ1) is 9.45. The average Bonchev–Trinajstić information content (AvgIpc) is 2.37. The van der Waals surface area contributed by atoms with Gasteiger partial charge in [0.05, 0.1) is 16.4 Å². The van der Waals surface area contributed by atoms with Gasteiger partial charge in [-0.05, 0) is 61.5 Å². The van der Waals surface area contributed by atoms with E-state index < -0.39 is 0 Å². The van der Waals surface area contributed by atoms with Crippen molar-refractivity contribution < 1.29 is 4.39 Å². The van der Waals surface area contributed by atoms with Gasteiger partial charge < -0.3 is 10.6 Å². The molecule has 2 nitrogen and oxygen atoms in total. The number of halogens is 2. The molecule has 2 N–H and O–H groups in total. The average molecular weight is 309 g/mol.